The van der Waals surface area contributed by atoms with Crippen LogP contribution in [-0.4, -0.2) is 29.3 Å². The van der Waals surface area contributed by atoms with E-state index in [9.17, 15) is 0 Å². The molecule has 0 radical (unpaired) electrons. The largest absolute Gasteiger partial charge is 0.412 e. The maximum atomic E-state index is 8.37. The summed E-state index contributed by atoms with van der Waals surface area (Å²) >= 11 is 0. The molecular formula is C6H17NO2. The number of aliphatic hydroxyl groups is 1. The number of hydrogen-bond acceptors (Lipinski definition) is 2. The second-order valence-electron chi connectivity index (χ2n) is 2.90. The fourth-order valence-electron chi connectivity index (χ4n) is 0.431. The molecule has 0 aromatic rings. The van der Waals surface area contributed by atoms with Crippen molar-refractivity contribution in [1.29, 1.82) is 0 Å². The zero-order valence-electron chi connectivity index (χ0n) is 6.36. The highest BCUT2D eigenvalue weighted by Crippen LogP contribution is 1.95. The van der Waals surface area contributed by atoms with Crippen molar-refractivity contribution in [3.63, 3.8) is 0 Å². The molecular weight excluding hydrogens is 118 g/mol. The lowest BCUT2D eigenvalue weighted by Crippen LogP contribution is -2.37. The fourth-order valence-corrected chi connectivity index (χ4v) is 0.431. The summed E-state index contributed by atoms with van der Waals surface area (Å²) in [4.78, 5) is 0. The van der Waals surface area contributed by atoms with Crippen molar-refractivity contribution in [3.8, 4) is 0 Å². The van der Waals surface area contributed by atoms with Crippen LogP contribution in [0.2, 0.25) is 0 Å². The van der Waals surface area contributed by atoms with Gasteiger partial charge in [-0.25, -0.2) is 0 Å². The summed E-state index contributed by atoms with van der Waals surface area (Å²) in [5.41, 5.74) is 0.142. The number of hydrogen-bond donors (Lipinski definition) is 2. The van der Waals surface area contributed by atoms with Crippen molar-refractivity contribution in [2.75, 3.05) is 13.2 Å². The van der Waals surface area contributed by atoms with Crippen LogP contribution in [0.3, 0.4) is 0 Å². The highest BCUT2D eigenvalue weighted by molar-refractivity contribution is 4.68. The molecule has 0 aliphatic carbocycles. The Bertz CT molecular complexity index is 58.6. The van der Waals surface area contributed by atoms with Gasteiger partial charge in [0.25, 0.3) is 0 Å². The first-order chi connectivity index (χ1) is 3.56. The molecule has 3 nitrogen and oxygen atoms in total. The van der Waals surface area contributed by atoms with Crippen LogP contribution >= 0.6 is 0 Å². The van der Waals surface area contributed by atoms with E-state index in [4.69, 9.17) is 5.11 Å². The Labute approximate surface area is 56.4 Å². The van der Waals surface area contributed by atoms with Crippen molar-refractivity contribution in [3.05, 3.63) is 0 Å². The van der Waals surface area contributed by atoms with E-state index >= 15 is 0 Å². The predicted molar refractivity (Wildman–Crippen MR) is 38.5 cm³/mol. The van der Waals surface area contributed by atoms with Gasteiger partial charge in [-0.1, -0.05) is 0 Å². The van der Waals surface area contributed by atoms with E-state index in [1.165, 1.54) is 0 Å². The van der Waals surface area contributed by atoms with Crippen molar-refractivity contribution in [2.45, 2.75) is 26.3 Å². The maximum absolute atomic E-state index is 8.37. The summed E-state index contributed by atoms with van der Waals surface area (Å²) in [6.07, 6.45) is 0. The van der Waals surface area contributed by atoms with Crippen LogP contribution in [0.25, 0.3) is 0 Å². The lowest BCUT2D eigenvalue weighted by molar-refractivity contribution is 0.272. The Morgan fingerprint density at radius 2 is 1.78 bits per heavy atom. The van der Waals surface area contributed by atoms with E-state index < -0.39 is 0 Å². The normalized spacial score (nSPS) is 10.7. The Morgan fingerprint density at radius 1 is 1.33 bits per heavy atom. The molecule has 0 saturated carbocycles. The Morgan fingerprint density at radius 3 is 1.89 bits per heavy atom. The Hall–Kier alpha value is -0.120. The van der Waals surface area contributed by atoms with Gasteiger partial charge in [0.05, 0.1) is 6.61 Å². The van der Waals surface area contributed by atoms with Crippen LogP contribution in [0.5, 0.6) is 0 Å². The molecule has 0 bridgehead atoms. The molecule has 0 aliphatic heterocycles. The molecule has 0 unspecified atom stereocenters. The number of rotatable bonds is 2. The average molecular weight is 135 g/mol. The van der Waals surface area contributed by atoms with Gasteiger partial charge in [0.15, 0.2) is 0 Å². The van der Waals surface area contributed by atoms with Crippen LogP contribution in [0, 0.1) is 0 Å². The average Bonchev–Trinajstić information content (AvgIpc) is 1.59. The molecule has 0 fully saturated rings. The quantitative estimate of drug-likeness (QED) is 0.538. The molecule has 0 aromatic carbocycles. The minimum Gasteiger partial charge on any atom is -0.412 e. The third-order valence-corrected chi connectivity index (χ3v) is 0.767. The molecule has 0 amide bonds. The van der Waals surface area contributed by atoms with Crippen LogP contribution in [0.1, 0.15) is 20.8 Å². The first-order valence-corrected chi connectivity index (χ1v) is 2.92. The van der Waals surface area contributed by atoms with Crippen LogP contribution in [0.15, 0.2) is 0 Å². The SMILES string of the molecule is CC(C)(C)NCCO.O. The van der Waals surface area contributed by atoms with Crippen molar-refractivity contribution < 1.29 is 10.6 Å². The first-order valence-electron chi connectivity index (χ1n) is 2.92. The Balaban J connectivity index is 0. The molecule has 0 rings (SSSR count). The fraction of sp³-hybridized carbons (Fsp3) is 1.00. The first kappa shape index (κ1) is 11.6. The number of nitrogens with one attached hydrogen (secondary N) is 1. The zero-order chi connectivity index (χ0) is 6.62. The van der Waals surface area contributed by atoms with E-state index in [-0.39, 0.29) is 17.6 Å². The third kappa shape index (κ3) is 11.4. The molecule has 58 valence electrons. The van der Waals surface area contributed by atoms with Gasteiger partial charge < -0.3 is 15.9 Å². The van der Waals surface area contributed by atoms with Gasteiger partial charge >= 0.3 is 0 Å². The van der Waals surface area contributed by atoms with Gasteiger partial charge in [0.1, 0.15) is 0 Å². The van der Waals surface area contributed by atoms with Crippen LogP contribution < -0.4 is 5.32 Å². The summed E-state index contributed by atoms with van der Waals surface area (Å²) in [7, 11) is 0. The Kier molecular flexibility index (Phi) is 6.12. The molecule has 0 heterocycles. The standard InChI is InChI=1S/C6H15NO.H2O/c1-6(2,3)7-4-5-8;/h7-8H,4-5H2,1-3H3;1H2. The van der Waals surface area contributed by atoms with Gasteiger partial charge in [-0.3, -0.25) is 0 Å². The van der Waals surface area contributed by atoms with Crippen molar-refractivity contribution >= 4 is 0 Å². The summed E-state index contributed by atoms with van der Waals surface area (Å²) < 4.78 is 0. The zero-order valence-corrected chi connectivity index (χ0v) is 6.36. The molecule has 4 N–H and O–H groups in total. The minimum atomic E-state index is 0. The summed E-state index contributed by atoms with van der Waals surface area (Å²) in [6.45, 7) is 7.12. The summed E-state index contributed by atoms with van der Waals surface area (Å²) in [6, 6.07) is 0. The van der Waals surface area contributed by atoms with Gasteiger partial charge in [0.2, 0.25) is 0 Å². The summed E-state index contributed by atoms with van der Waals surface area (Å²) in [5, 5.41) is 11.5. The van der Waals surface area contributed by atoms with E-state index in [0.29, 0.717) is 6.54 Å². The topological polar surface area (TPSA) is 63.8 Å². The number of aliphatic hydroxyl groups excluding tert-OH is 1. The molecule has 0 atom stereocenters. The monoisotopic (exact) mass is 135 g/mol. The molecule has 9 heavy (non-hydrogen) atoms. The lowest BCUT2D eigenvalue weighted by atomic mass is 10.1. The molecule has 0 aliphatic rings. The highest BCUT2D eigenvalue weighted by Gasteiger charge is 2.05. The number of β-amino-alcohol motifs (C(OH)–C–C–N with tert-alkyl or cyclic N) is 1. The second-order valence-corrected chi connectivity index (χ2v) is 2.90. The van der Waals surface area contributed by atoms with E-state index in [1.54, 1.807) is 0 Å². The third-order valence-electron chi connectivity index (χ3n) is 0.767. The van der Waals surface area contributed by atoms with Gasteiger partial charge in [-0.05, 0) is 20.8 Å². The van der Waals surface area contributed by atoms with E-state index in [0.717, 1.165) is 0 Å². The van der Waals surface area contributed by atoms with Gasteiger partial charge in [-0.2, -0.15) is 0 Å². The molecule has 0 saturated heterocycles. The molecule has 0 aromatic heterocycles. The second kappa shape index (κ2) is 4.73. The summed E-state index contributed by atoms with van der Waals surface area (Å²) in [5.74, 6) is 0. The smallest absolute Gasteiger partial charge is 0.0556 e. The van der Waals surface area contributed by atoms with E-state index in [2.05, 4.69) is 26.1 Å². The lowest BCUT2D eigenvalue weighted by Gasteiger charge is -2.19. The van der Waals surface area contributed by atoms with Gasteiger partial charge in [0, 0.05) is 12.1 Å². The molecule has 0 spiro atoms. The maximum Gasteiger partial charge on any atom is 0.0556 e. The van der Waals surface area contributed by atoms with Crippen molar-refractivity contribution in [1.82, 2.24) is 5.32 Å². The molecule has 3 heteroatoms. The van der Waals surface area contributed by atoms with E-state index in [1.807, 2.05) is 0 Å². The predicted octanol–water partition coefficient (Wildman–Crippen LogP) is -0.458. The van der Waals surface area contributed by atoms with Gasteiger partial charge in [-0.15, -0.1) is 0 Å². The highest BCUT2D eigenvalue weighted by atomic mass is 16.3. The van der Waals surface area contributed by atoms with Crippen LogP contribution in [0.4, 0.5) is 0 Å². The minimum absolute atomic E-state index is 0. The van der Waals surface area contributed by atoms with Crippen molar-refractivity contribution in [2.24, 2.45) is 0 Å². The van der Waals surface area contributed by atoms with Crippen LogP contribution in [-0.2, 0) is 0 Å².